The Morgan fingerprint density at radius 1 is 1.19 bits per heavy atom. The molecule has 0 radical (unpaired) electrons. The molecule has 2 bridgehead atoms. The van der Waals surface area contributed by atoms with E-state index < -0.39 is 0 Å². The third-order valence-corrected chi connectivity index (χ3v) is 6.40. The molecule has 2 heteroatoms. The highest BCUT2D eigenvalue weighted by Crippen LogP contribution is 2.65. The second kappa shape index (κ2) is 4.04. The van der Waals surface area contributed by atoms with Gasteiger partial charge in [0, 0.05) is 19.0 Å². The fourth-order valence-corrected chi connectivity index (χ4v) is 5.61. The summed E-state index contributed by atoms with van der Waals surface area (Å²) in [5, 5.41) is 3.85. The quantitative estimate of drug-likeness (QED) is 0.916. The lowest BCUT2D eigenvalue weighted by atomic mass is 10.00. The van der Waals surface area contributed by atoms with E-state index in [0.717, 1.165) is 48.4 Å². The molecule has 1 aromatic rings. The predicted octanol–water partition coefficient (Wildman–Crippen LogP) is 3.53. The highest BCUT2D eigenvalue weighted by Gasteiger charge is 2.64. The molecule has 21 heavy (non-hydrogen) atoms. The molecule has 0 saturated heterocycles. The Kier molecular flexibility index (Phi) is 2.41. The fraction of sp³-hybridized carbons (Fsp3) is 0.684. The minimum absolute atomic E-state index is 0.0267. The Morgan fingerprint density at radius 3 is 2.71 bits per heavy atom. The summed E-state index contributed by atoms with van der Waals surface area (Å²) < 4.78 is 5.96. The molecule has 4 atom stereocenters. The largest absolute Gasteiger partial charge is 0.487 e. The Labute approximate surface area is 127 Å². The molecule has 112 valence electrons. The van der Waals surface area contributed by atoms with Crippen molar-refractivity contribution in [3.05, 3.63) is 29.3 Å². The first-order valence-electron chi connectivity index (χ1n) is 8.65. The molecular formula is C19H25NO. The average Bonchev–Trinajstić information content (AvgIpc) is 2.75. The van der Waals surface area contributed by atoms with Crippen molar-refractivity contribution in [1.82, 2.24) is 5.32 Å². The van der Waals surface area contributed by atoms with E-state index in [9.17, 15) is 0 Å². The summed E-state index contributed by atoms with van der Waals surface area (Å²) in [6.07, 6.45) is 5.60. The van der Waals surface area contributed by atoms with Gasteiger partial charge < -0.3 is 10.1 Å². The van der Waals surface area contributed by atoms with Crippen LogP contribution in [0.3, 0.4) is 0 Å². The van der Waals surface area contributed by atoms with E-state index in [4.69, 9.17) is 4.74 Å². The van der Waals surface area contributed by atoms with Gasteiger partial charge in [-0.15, -0.1) is 0 Å². The van der Waals surface area contributed by atoms with Crippen LogP contribution < -0.4 is 10.1 Å². The molecule has 1 N–H and O–H groups in total. The van der Waals surface area contributed by atoms with Gasteiger partial charge in [-0.05, 0) is 74.0 Å². The second-order valence-corrected chi connectivity index (χ2v) is 8.38. The van der Waals surface area contributed by atoms with Crippen molar-refractivity contribution in [1.29, 1.82) is 0 Å². The van der Waals surface area contributed by atoms with Crippen molar-refractivity contribution in [2.24, 2.45) is 23.7 Å². The first-order chi connectivity index (χ1) is 10.1. The molecule has 0 amide bonds. The summed E-state index contributed by atoms with van der Waals surface area (Å²) in [5.41, 5.74) is 2.78. The fourth-order valence-electron chi connectivity index (χ4n) is 5.61. The maximum atomic E-state index is 5.96. The van der Waals surface area contributed by atoms with Crippen LogP contribution in [0.1, 0.15) is 44.2 Å². The zero-order valence-electron chi connectivity index (χ0n) is 13.1. The van der Waals surface area contributed by atoms with Gasteiger partial charge >= 0.3 is 0 Å². The molecule has 5 rings (SSSR count). The molecule has 0 aromatic heterocycles. The highest BCUT2D eigenvalue weighted by molar-refractivity contribution is 5.41. The molecule has 1 aliphatic heterocycles. The topological polar surface area (TPSA) is 21.3 Å². The van der Waals surface area contributed by atoms with Crippen LogP contribution in [0.4, 0.5) is 0 Å². The summed E-state index contributed by atoms with van der Waals surface area (Å²) in [7, 11) is 0. The molecule has 3 fully saturated rings. The summed E-state index contributed by atoms with van der Waals surface area (Å²) in [6, 6.07) is 7.58. The summed E-state index contributed by atoms with van der Waals surface area (Å²) in [5.74, 6) is 5.27. The maximum Gasteiger partial charge on any atom is 0.123 e. The lowest BCUT2D eigenvalue weighted by molar-refractivity contribution is 0.138. The van der Waals surface area contributed by atoms with Crippen LogP contribution in [0.5, 0.6) is 5.75 Å². The molecule has 4 unspecified atom stereocenters. The highest BCUT2D eigenvalue weighted by atomic mass is 16.5. The van der Waals surface area contributed by atoms with E-state index in [2.05, 4.69) is 37.4 Å². The first-order valence-corrected chi connectivity index (χ1v) is 8.65. The minimum atomic E-state index is -0.0267. The number of hydrogen-bond acceptors (Lipinski definition) is 2. The van der Waals surface area contributed by atoms with E-state index in [1.807, 2.05) is 0 Å². The number of ether oxygens (including phenoxy) is 1. The van der Waals surface area contributed by atoms with Gasteiger partial charge in [0.25, 0.3) is 0 Å². The maximum absolute atomic E-state index is 5.96. The normalized spacial score (nSPS) is 40.8. The van der Waals surface area contributed by atoms with Gasteiger partial charge in [-0.3, -0.25) is 0 Å². The number of hydrogen-bond donors (Lipinski definition) is 1. The van der Waals surface area contributed by atoms with Crippen LogP contribution in [-0.4, -0.2) is 11.6 Å². The van der Waals surface area contributed by atoms with Gasteiger partial charge in [-0.1, -0.05) is 12.1 Å². The van der Waals surface area contributed by atoms with Gasteiger partial charge in [-0.2, -0.15) is 0 Å². The Bertz CT molecular complexity index is 577. The molecule has 4 aliphatic rings. The second-order valence-electron chi connectivity index (χ2n) is 8.38. The zero-order valence-corrected chi connectivity index (χ0v) is 13.1. The van der Waals surface area contributed by atoms with E-state index in [0.29, 0.717) is 0 Å². The molecule has 1 aromatic carbocycles. The van der Waals surface area contributed by atoms with Crippen LogP contribution >= 0.6 is 0 Å². The third-order valence-electron chi connectivity index (χ3n) is 6.40. The van der Waals surface area contributed by atoms with E-state index >= 15 is 0 Å². The van der Waals surface area contributed by atoms with Crippen LogP contribution in [0, 0.1) is 23.7 Å². The van der Waals surface area contributed by atoms with Gasteiger partial charge in [-0.25, -0.2) is 0 Å². The smallest absolute Gasteiger partial charge is 0.123 e. The standard InChI is InChI=1S/C19H25NO/c1-19(2)9-14-7-11(3-6-15(14)21-19)10-20-18-16-12-4-5-13(8-12)17(16)18/h3,6-7,12-13,16-18,20H,4-5,8-10H2,1-2H3. The first kappa shape index (κ1) is 12.5. The Morgan fingerprint density at radius 2 is 1.95 bits per heavy atom. The monoisotopic (exact) mass is 283 g/mol. The third kappa shape index (κ3) is 1.88. The SMILES string of the molecule is CC1(C)Cc2cc(CNC3C4C5CCC(C5)C34)ccc2O1. The van der Waals surface area contributed by atoms with Gasteiger partial charge in [0.2, 0.25) is 0 Å². The Hall–Kier alpha value is -1.02. The molecule has 1 heterocycles. The van der Waals surface area contributed by atoms with Crippen LogP contribution in [0.2, 0.25) is 0 Å². The molecule has 0 spiro atoms. The molecule has 3 aliphatic carbocycles. The average molecular weight is 283 g/mol. The lowest BCUT2D eigenvalue weighted by Gasteiger charge is -2.16. The van der Waals surface area contributed by atoms with E-state index in [1.54, 1.807) is 6.42 Å². The van der Waals surface area contributed by atoms with Crippen molar-refractivity contribution >= 4 is 0 Å². The van der Waals surface area contributed by atoms with Crippen molar-refractivity contribution in [2.75, 3.05) is 0 Å². The van der Waals surface area contributed by atoms with Gasteiger partial charge in [0.15, 0.2) is 0 Å². The molecule has 2 nitrogen and oxygen atoms in total. The predicted molar refractivity (Wildman–Crippen MR) is 83.3 cm³/mol. The summed E-state index contributed by atoms with van der Waals surface area (Å²) in [4.78, 5) is 0. The van der Waals surface area contributed by atoms with Crippen molar-refractivity contribution in [3.8, 4) is 5.75 Å². The molecule has 3 saturated carbocycles. The van der Waals surface area contributed by atoms with Gasteiger partial charge in [0.1, 0.15) is 11.4 Å². The van der Waals surface area contributed by atoms with Crippen molar-refractivity contribution < 1.29 is 4.74 Å². The lowest BCUT2D eigenvalue weighted by Crippen LogP contribution is -2.24. The minimum Gasteiger partial charge on any atom is -0.487 e. The summed E-state index contributed by atoms with van der Waals surface area (Å²) >= 11 is 0. The number of fused-ring (bicyclic) bond motifs is 6. The summed E-state index contributed by atoms with van der Waals surface area (Å²) in [6.45, 7) is 5.38. The van der Waals surface area contributed by atoms with E-state index in [1.165, 1.54) is 24.0 Å². The van der Waals surface area contributed by atoms with Crippen LogP contribution in [-0.2, 0) is 13.0 Å². The zero-order chi connectivity index (χ0) is 14.2. The van der Waals surface area contributed by atoms with E-state index in [-0.39, 0.29) is 5.60 Å². The van der Waals surface area contributed by atoms with Gasteiger partial charge in [0.05, 0.1) is 0 Å². The Balaban J connectivity index is 1.25. The van der Waals surface area contributed by atoms with Crippen molar-refractivity contribution in [2.45, 2.75) is 57.7 Å². The number of benzene rings is 1. The van der Waals surface area contributed by atoms with Crippen molar-refractivity contribution in [3.63, 3.8) is 0 Å². The van der Waals surface area contributed by atoms with Crippen LogP contribution in [0.25, 0.3) is 0 Å². The number of nitrogens with one attached hydrogen (secondary N) is 1. The van der Waals surface area contributed by atoms with Crippen LogP contribution in [0.15, 0.2) is 18.2 Å². The number of rotatable bonds is 3. The molecular weight excluding hydrogens is 258 g/mol.